The first-order valence-electron chi connectivity index (χ1n) is 8.31. The van der Waals surface area contributed by atoms with Crippen LogP contribution >= 0.6 is 0 Å². The normalized spacial score (nSPS) is 10.8. The molecule has 5 heteroatoms. The molecule has 1 amide bonds. The number of aromatic nitrogens is 2. The maximum absolute atomic E-state index is 12.7. The van der Waals surface area contributed by atoms with E-state index in [9.17, 15) is 4.79 Å². The summed E-state index contributed by atoms with van der Waals surface area (Å²) in [6.45, 7) is 3.74. The SMILES string of the molecule is Cc1nccc(-c2cccc(NC(=O)c3oc4ccccc4c3C)c2)n1. The van der Waals surface area contributed by atoms with E-state index >= 15 is 0 Å². The number of rotatable bonds is 3. The zero-order valence-corrected chi connectivity index (χ0v) is 14.5. The van der Waals surface area contributed by atoms with Crippen LogP contribution in [0.1, 0.15) is 21.9 Å². The Kier molecular flexibility index (Phi) is 3.97. The fraction of sp³-hybridized carbons (Fsp3) is 0.0952. The number of benzene rings is 2. The fourth-order valence-corrected chi connectivity index (χ4v) is 2.95. The Labute approximate surface area is 150 Å². The first-order chi connectivity index (χ1) is 12.6. The van der Waals surface area contributed by atoms with Gasteiger partial charge < -0.3 is 9.73 Å². The summed E-state index contributed by atoms with van der Waals surface area (Å²) < 4.78 is 5.73. The number of anilines is 1. The van der Waals surface area contributed by atoms with Gasteiger partial charge >= 0.3 is 0 Å². The van der Waals surface area contributed by atoms with E-state index < -0.39 is 0 Å². The number of hydrogen-bond donors (Lipinski definition) is 1. The molecule has 4 aromatic rings. The average molecular weight is 343 g/mol. The van der Waals surface area contributed by atoms with Crippen molar-refractivity contribution in [1.82, 2.24) is 9.97 Å². The van der Waals surface area contributed by atoms with Crippen LogP contribution in [0.5, 0.6) is 0 Å². The Morgan fingerprint density at radius 2 is 1.88 bits per heavy atom. The van der Waals surface area contributed by atoms with Crippen LogP contribution < -0.4 is 5.32 Å². The molecular formula is C21H17N3O2. The van der Waals surface area contributed by atoms with Gasteiger partial charge in [0.15, 0.2) is 5.76 Å². The highest BCUT2D eigenvalue weighted by Crippen LogP contribution is 2.26. The van der Waals surface area contributed by atoms with Gasteiger partial charge in [-0.05, 0) is 38.1 Å². The van der Waals surface area contributed by atoms with E-state index in [0.717, 1.165) is 22.2 Å². The number of carbonyl (C=O) groups excluding carboxylic acids is 1. The van der Waals surface area contributed by atoms with Gasteiger partial charge in [0.2, 0.25) is 0 Å². The molecule has 0 saturated heterocycles. The molecular weight excluding hydrogens is 326 g/mol. The maximum atomic E-state index is 12.7. The van der Waals surface area contributed by atoms with Crippen LogP contribution in [0.25, 0.3) is 22.2 Å². The largest absolute Gasteiger partial charge is 0.451 e. The number of fused-ring (bicyclic) bond motifs is 1. The highest BCUT2D eigenvalue weighted by atomic mass is 16.3. The van der Waals surface area contributed by atoms with Gasteiger partial charge in [-0.2, -0.15) is 0 Å². The smallest absolute Gasteiger partial charge is 0.291 e. The molecule has 0 bridgehead atoms. The third-order valence-electron chi connectivity index (χ3n) is 4.24. The van der Waals surface area contributed by atoms with Crippen molar-refractivity contribution in [2.75, 3.05) is 5.32 Å². The number of furan rings is 1. The van der Waals surface area contributed by atoms with Crippen LogP contribution in [0.4, 0.5) is 5.69 Å². The van der Waals surface area contributed by atoms with Gasteiger partial charge in [-0.3, -0.25) is 4.79 Å². The Bertz CT molecular complexity index is 1120. The number of hydrogen-bond acceptors (Lipinski definition) is 4. The molecule has 2 aromatic carbocycles. The fourth-order valence-electron chi connectivity index (χ4n) is 2.95. The van der Waals surface area contributed by atoms with Crippen molar-refractivity contribution in [1.29, 1.82) is 0 Å². The monoisotopic (exact) mass is 343 g/mol. The summed E-state index contributed by atoms with van der Waals surface area (Å²) in [6.07, 6.45) is 1.72. The number of carbonyl (C=O) groups is 1. The molecule has 4 rings (SSSR count). The van der Waals surface area contributed by atoms with Gasteiger partial charge in [-0.25, -0.2) is 9.97 Å². The van der Waals surface area contributed by atoms with E-state index in [0.29, 0.717) is 22.9 Å². The van der Waals surface area contributed by atoms with Crippen LogP contribution in [0.15, 0.2) is 65.2 Å². The summed E-state index contributed by atoms with van der Waals surface area (Å²) in [6, 6.07) is 17.0. The van der Waals surface area contributed by atoms with E-state index in [2.05, 4.69) is 15.3 Å². The molecule has 5 nitrogen and oxygen atoms in total. The maximum Gasteiger partial charge on any atom is 0.291 e. The first-order valence-corrected chi connectivity index (χ1v) is 8.31. The Morgan fingerprint density at radius 3 is 2.69 bits per heavy atom. The lowest BCUT2D eigenvalue weighted by Crippen LogP contribution is -2.12. The summed E-state index contributed by atoms with van der Waals surface area (Å²) in [4.78, 5) is 21.2. The van der Waals surface area contributed by atoms with Gasteiger partial charge in [0.05, 0.1) is 5.69 Å². The topological polar surface area (TPSA) is 68.0 Å². The van der Waals surface area contributed by atoms with Crippen LogP contribution in [0, 0.1) is 13.8 Å². The van der Waals surface area contributed by atoms with E-state index in [4.69, 9.17) is 4.42 Å². The predicted octanol–water partition coefficient (Wildman–Crippen LogP) is 4.76. The van der Waals surface area contributed by atoms with Crippen molar-refractivity contribution in [3.63, 3.8) is 0 Å². The molecule has 26 heavy (non-hydrogen) atoms. The second-order valence-electron chi connectivity index (χ2n) is 6.08. The van der Waals surface area contributed by atoms with Crippen molar-refractivity contribution in [2.24, 2.45) is 0 Å². The van der Waals surface area contributed by atoms with Crippen molar-refractivity contribution in [2.45, 2.75) is 13.8 Å². The zero-order valence-electron chi connectivity index (χ0n) is 14.5. The number of amides is 1. The lowest BCUT2D eigenvalue weighted by molar-refractivity contribution is 0.0998. The summed E-state index contributed by atoms with van der Waals surface area (Å²) in [5.74, 6) is 0.763. The van der Waals surface area contributed by atoms with Gasteiger partial charge in [-0.1, -0.05) is 30.3 Å². The zero-order chi connectivity index (χ0) is 18.1. The number of nitrogens with one attached hydrogen (secondary N) is 1. The third kappa shape index (κ3) is 2.95. The van der Waals surface area contributed by atoms with Crippen molar-refractivity contribution in [3.05, 3.63) is 77.9 Å². The van der Waals surface area contributed by atoms with Crippen molar-refractivity contribution in [3.8, 4) is 11.3 Å². The Hall–Kier alpha value is -3.47. The molecule has 2 heterocycles. The van der Waals surface area contributed by atoms with Crippen LogP contribution in [0.2, 0.25) is 0 Å². The second kappa shape index (κ2) is 6.44. The predicted molar refractivity (Wildman–Crippen MR) is 101 cm³/mol. The quantitative estimate of drug-likeness (QED) is 0.582. The molecule has 0 aliphatic heterocycles. The summed E-state index contributed by atoms with van der Waals surface area (Å²) in [5.41, 5.74) is 3.95. The Balaban J connectivity index is 1.63. The summed E-state index contributed by atoms with van der Waals surface area (Å²) in [5, 5.41) is 3.86. The number of para-hydroxylation sites is 1. The second-order valence-corrected chi connectivity index (χ2v) is 6.08. The molecule has 0 radical (unpaired) electrons. The van der Waals surface area contributed by atoms with Crippen molar-refractivity contribution >= 4 is 22.6 Å². The number of aryl methyl sites for hydroxylation is 2. The molecule has 0 saturated carbocycles. The molecule has 0 aliphatic carbocycles. The molecule has 1 N–H and O–H groups in total. The van der Waals surface area contributed by atoms with Gasteiger partial charge in [-0.15, -0.1) is 0 Å². The average Bonchev–Trinajstić information content (AvgIpc) is 2.99. The van der Waals surface area contributed by atoms with Crippen LogP contribution in [-0.2, 0) is 0 Å². The van der Waals surface area contributed by atoms with Crippen molar-refractivity contribution < 1.29 is 9.21 Å². The van der Waals surface area contributed by atoms with E-state index in [-0.39, 0.29) is 5.91 Å². The van der Waals surface area contributed by atoms with Gasteiger partial charge in [0, 0.05) is 28.4 Å². The minimum atomic E-state index is -0.269. The van der Waals surface area contributed by atoms with Gasteiger partial charge in [0.1, 0.15) is 11.4 Å². The van der Waals surface area contributed by atoms with Crippen LogP contribution in [-0.4, -0.2) is 15.9 Å². The lowest BCUT2D eigenvalue weighted by atomic mass is 10.1. The summed E-state index contributed by atoms with van der Waals surface area (Å²) >= 11 is 0. The van der Waals surface area contributed by atoms with E-state index in [1.165, 1.54) is 0 Å². The first kappa shape index (κ1) is 16.0. The van der Waals surface area contributed by atoms with E-state index in [1.807, 2.05) is 68.4 Å². The van der Waals surface area contributed by atoms with Gasteiger partial charge in [0.25, 0.3) is 5.91 Å². The summed E-state index contributed by atoms with van der Waals surface area (Å²) in [7, 11) is 0. The molecule has 0 aliphatic rings. The molecule has 128 valence electrons. The molecule has 0 spiro atoms. The minimum absolute atomic E-state index is 0.269. The molecule has 0 unspecified atom stereocenters. The molecule has 0 fully saturated rings. The highest BCUT2D eigenvalue weighted by Gasteiger charge is 2.17. The standard InChI is InChI=1S/C21H17N3O2/c1-13-17-8-3-4-9-19(17)26-20(13)21(25)24-16-7-5-6-15(12-16)18-10-11-22-14(2)23-18/h3-12H,1-2H3,(H,24,25). The lowest BCUT2D eigenvalue weighted by Gasteiger charge is -2.07. The van der Waals surface area contributed by atoms with Crippen LogP contribution in [0.3, 0.4) is 0 Å². The molecule has 2 aromatic heterocycles. The highest BCUT2D eigenvalue weighted by molar-refractivity contribution is 6.06. The van der Waals surface area contributed by atoms with E-state index in [1.54, 1.807) is 6.20 Å². The Morgan fingerprint density at radius 1 is 1.04 bits per heavy atom. The third-order valence-corrected chi connectivity index (χ3v) is 4.24. The minimum Gasteiger partial charge on any atom is -0.451 e. The number of nitrogens with zero attached hydrogens (tertiary/aromatic N) is 2. The molecule has 0 atom stereocenters.